The number of hydrogen-bond acceptors (Lipinski definition) is 5. The fraction of sp³-hybridized carbons (Fsp3) is 0.276. The van der Waals surface area contributed by atoms with Crippen LogP contribution in [0.15, 0.2) is 72.6 Å². The number of hydrogen-bond donors (Lipinski definition) is 1. The molecule has 2 heterocycles. The van der Waals surface area contributed by atoms with E-state index >= 15 is 0 Å². The monoisotopic (exact) mass is 470 g/mol. The Balaban J connectivity index is 1.79. The first-order valence-corrected chi connectivity index (χ1v) is 11.7. The summed E-state index contributed by atoms with van der Waals surface area (Å²) in [7, 11) is 0. The van der Waals surface area contributed by atoms with E-state index in [0.29, 0.717) is 23.8 Å². The second kappa shape index (κ2) is 10.1. The van der Waals surface area contributed by atoms with Gasteiger partial charge in [-0.1, -0.05) is 49.7 Å². The zero-order valence-corrected chi connectivity index (χ0v) is 20.5. The quantitative estimate of drug-likeness (QED) is 0.286. The van der Waals surface area contributed by atoms with Crippen LogP contribution < -0.4 is 4.74 Å². The number of aliphatic hydroxyl groups excluding tert-OH is 1. The third-order valence-corrected chi connectivity index (χ3v) is 6.05. The van der Waals surface area contributed by atoms with E-state index in [2.05, 4.69) is 18.8 Å². The lowest BCUT2D eigenvalue weighted by Gasteiger charge is -2.25. The lowest BCUT2D eigenvalue weighted by molar-refractivity contribution is -0.140. The molecule has 6 nitrogen and oxygen atoms in total. The molecule has 1 aliphatic rings. The Bertz CT molecular complexity index is 1260. The molecule has 1 fully saturated rings. The number of likely N-dealkylation sites (tertiary alicyclic amines) is 1. The molecule has 2 aromatic carbocycles. The van der Waals surface area contributed by atoms with Gasteiger partial charge in [-0.15, -0.1) is 0 Å². The number of ether oxygens (including phenoxy) is 1. The van der Waals surface area contributed by atoms with E-state index in [0.717, 1.165) is 22.3 Å². The van der Waals surface area contributed by atoms with Crippen molar-refractivity contribution in [1.29, 1.82) is 0 Å². The summed E-state index contributed by atoms with van der Waals surface area (Å²) in [4.78, 5) is 32.1. The highest BCUT2D eigenvalue weighted by Gasteiger charge is 2.46. The first-order chi connectivity index (χ1) is 16.8. The maximum absolute atomic E-state index is 13.3. The fourth-order valence-corrected chi connectivity index (χ4v) is 4.23. The van der Waals surface area contributed by atoms with Crippen molar-refractivity contribution in [2.45, 2.75) is 40.3 Å². The molecule has 1 amide bonds. The number of benzene rings is 2. The number of ketones is 1. The lowest BCUT2D eigenvalue weighted by Crippen LogP contribution is -2.29. The number of aryl methyl sites for hydroxylation is 2. The maximum atomic E-state index is 13.3. The van der Waals surface area contributed by atoms with E-state index < -0.39 is 17.7 Å². The zero-order chi connectivity index (χ0) is 25.1. The van der Waals surface area contributed by atoms with E-state index in [-0.39, 0.29) is 17.9 Å². The largest absolute Gasteiger partial charge is 0.507 e. The van der Waals surface area contributed by atoms with Crippen LogP contribution in [-0.4, -0.2) is 33.3 Å². The summed E-state index contributed by atoms with van der Waals surface area (Å²) in [6.45, 7) is 8.75. The predicted molar refractivity (Wildman–Crippen MR) is 135 cm³/mol. The molecule has 0 bridgehead atoms. The first-order valence-electron chi connectivity index (χ1n) is 11.7. The van der Waals surface area contributed by atoms with Gasteiger partial charge in [0, 0.05) is 24.5 Å². The third kappa shape index (κ3) is 5.11. The van der Waals surface area contributed by atoms with Crippen LogP contribution in [0.4, 0.5) is 0 Å². The molecule has 6 heteroatoms. The fourth-order valence-electron chi connectivity index (χ4n) is 4.23. The van der Waals surface area contributed by atoms with Crippen LogP contribution >= 0.6 is 0 Å². The van der Waals surface area contributed by atoms with Gasteiger partial charge in [0.05, 0.1) is 18.2 Å². The molecule has 4 rings (SSSR count). The molecule has 0 aliphatic carbocycles. The van der Waals surface area contributed by atoms with Crippen molar-refractivity contribution in [1.82, 2.24) is 9.88 Å². The average molecular weight is 471 g/mol. The smallest absolute Gasteiger partial charge is 0.295 e. The normalized spacial score (nSPS) is 17.3. The number of nitrogens with zero attached hydrogens (tertiary/aromatic N) is 2. The molecule has 1 aliphatic heterocycles. The van der Waals surface area contributed by atoms with E-state index in [1.54, 1.807) is 30.6 Å². The molecule has 180 valence electrons. The van der Waals surface area contributed by atoms with Crippen molar-refractivity contribution in [2.75, 3.05) is 6.61 Å². The van der Waals surface area contributed by atoms with Crippen LogP contribution in [0.25, 0.3) is 5.76 Å². The Hall–Kier alpha value is -3.93. The van der Waals surface area contributed by atoms with Crippen molar-refractivity contribution in [2.24, 2.45) is 5.92 Å². The summed E-state index contributed by atoms with van der Waals surface area (Å²) in [6, 6.07) is 15.9. The Morgan fingerprint density at radius 3 is 2.46 bits per heavy atom. The first kappa shape index (κ1) is 24.2. The van der Waals surface area contributed by atoms with Crippen LogP contribution in [-0.2, 0) is 16.1 Å². The van der Waals surface area contributed by atoms with Gasteiger partial charge in [-0.05, 0) is 60.7 Å². The summed E-state index contributed by atoms with van der Waals surface area (Å²) < 4.78 is 5.80. The van der Waals surface area contributed by atoms with Gasteiger partial charge in [-0.25, -0.2) is 0 Å². The Labute approximate surface area is 205 Å². The number of carbonyl (C=O) groups excluding carboxylic acids is 2. The van der Waals surface area contributed by atoms with Gasteiger partial charge in [-0.3, -0.25) is 14.6 Å². The number of aromatic nitrogens is 1. The van der Waals surface area contributed by atoms with Crippen LogP contribution in [0.2, 0.25) is 0 Å². The maximum Gasteiger partial charge on any atom is 0.295 e. The summed E-state index contributed by atoms with van der Waals surface area (Å²) in [6.07, 6.45) is 3.33. The van der Waals surface area contributed by atoms with E-state index in [4.69, 9.17) is 4.74 Å². The van der Waals surface area contributed by atoms with Gasteiger partial charge < -0.3 is 14.7 Å². The molecule has 1 saturated heterocycles. The Morgan fingerprint density at radius 1 is 1.09 bits per heavy atom. The van der Waals surface area contributed by atoms with Crippen LogP contribution in [0.3, 0.4) is 0 Å². The average Bonchev–Trinajstić information content (AvgIpc) is 3.08. The molecule has 35 heavy (non-hydrogen) atoms. The van der Waals surface area contributed by atoms with Crippen LogP contribution in [0.5, 0.6) is 5.75 Å². The molecular formula is C29H30N2O4. The van der Waals surface area contributed by atoms with Crippen molar-refractivity contribution in [3.05, 3.63) is 100 Å². The SMILES string of the molecule is Cc1ccc(C2C(=C(O)c3ccc(OCC(C)C)cc3C)C(=O)C(=O)N2Cc2cccnc2)cc1. The standard InChI is InChI=1S/C29H30N2O4/c1-18(2)17-35-23-11-12-24(20(4)14-23)27(32)25-26(22-9-7-19(3)8-10-22)31(29(34)28(25)33)16-21-6-5-13-30-15-21/h5-15,18,26,32H,16-17H2,1-4H3. The highest BCUT2D eigenvalue weighted by Crippen LogP contribution is 2.41. The minimum atomic E-state index is -0.716. The summed E-state index contributed by atoms with van der Waals surface area (Å²) >= 11 is 0. The van der Waals surface area contributed by atoms with Gasteiger partial charge in [0.15, 0.2) is 0 Å². The molecule has 1 unspecified atom stereocenters. The van der Waals surface area contributed by atoms with Gasteiger partial charge in [-0.2, -0.15) is 0 Å². The van der Waals surface area contributed by atoms with Gasteiger partial charge >= 0.3 is 0 Å². The van der Waals surface area contributed by atoms with Gasteiger partial charge in [0.25, 0.3) is 11.7 Å². The number of Topliss-reactive ketones (excluding diaryl/α,β-unsaturated/α-hetero) is 1. The minimum Gasteiger partial charge on any atom is -0.507 e. The second-order valence-electron chi connectivity index (χ2n) is 9.38. The number of carbonyl (C=O) groups is 2. The van der Waals surface area contributed by atoms with Gasteiger partial charge in [0.2, 0.25) is 0 Å². The van der Waals surface area contributed by atoms with Crippen molar-refractivity contribution < 1.29 is 19.4 Å². The van der Waals surface area contributed by atoms with E-state index in [9.17, 15) is 14.7 Å². The Morgan fingerprint density at radius 2 is 1.83 bits per heavy atom. The van der Waals surface area contributed by atoms with E-state index in [1.807, 2.05) is 50.2 Å². The topological polar surface area (TPSA) is 79.7 Å². The lowest BCUT2D eigenvalue weighted by atomic mass is 9.93. The van der Waals surface area contributed by atoms with Crippen LogP contribution in [0.1, 0.15) is 47.7 Å². The molecule has 1 atom stereocenters. The second-order valence-corrected chi connectivity index (χ2v) is 9.38. The molecule has 1 aromatic heterocycles. The summed E-state index contributed by atoms with van der Waals surface area (Å²) in [5, 5.41) is 11.4. The third-order valence-electron chi connectivity index (χ3n) is 6.05. The number of rotatable bonds is 7. The molecular weight excluding hydrogens is 440 g/mol. The molecule has 0 radical (unpaired) electrons. The number of aliphatic hydroxyl groups is 1. The summed E-state index contributed by atoms with van der Waals surface area (Å²) in [5.41, 5.74) is 3.96. The molecule has 0 saturated carbocycles. The molecule has 0 spiro atoms. The van der Waals surface area contributed by atoms with Crippen molar-refractivity contribution in [3.8, 4) is 5.75 Å². The van der Waals surface area contributed by atoms with Crippen molar-refractivity contribution >= 4 is 17.4 Å². The molecule has 1 N–H and O–H groups in total. The minimum absolute atomic E-state index is 0.0849. The number of pyridine rings is 1. The highest BCUT2D eigenvalue weighted by molar-refractivity contribution is 6.46. The molecule has 3 aromatic rings. The summed E-state index contributed by atoms with van der Waals surface area (Å²) in [5.74, 6) is -0.448. The van der Waals surface area contributed by atoms with E-state index in [1.165, 1.54) is 4.90 Å². The van der Waals surface area contributed by atoms with Crippen LogP contribution in [0, 0.1) is 19.8 Å². The predicted octanol–water partition coefficient (Wildman–Crippen LogP) is 5.36. The van der Waals surface area contributed by atoms with Gasteiger partial charge in [0.1, 0.15) is 11.5 Å². The zero-order valence-electron chi connectivity index (χ0n) is 20.5. The number of amides is 1. The highest BCUT2D eigenvalue weighted by atomic mass is 16.5. The van der Waals surface area contributed by atoms with Crippen molar-refractivity contribution in [3.63, 3.8) is 0 Å². The Kier molecular flexibility index (Phi) is 7.01.